The second kappa shape index (κ2) is 9.45. The first-order valence-electron chi connectivity index (χ1n) is 8.56. The minimum Gasteiger partial charge on any atom is -0.487 e. The quantitative estimate of drug-likeness (QED) is 0.314. The Morgan fingerprint density at radius 2 is 2.11 bits per heavy atom. The van der Waals surface area contributed by atoms with Gasteiger partial charge in [-0.05, 0) is 32.0 Å². The van der Waals surface area contributed by atoms with E-state index in [-0.39, 0.29) is 35.6 Å². The van der Waals surface area contributed by atoms with E-state index in [1.807, 2.05) is 24.3 Å². The van der Waals surface area contributed by atoms with Crippen LogP contribution in [-0.2, 0) is 0 Å². The number of halogens is 2. The van der Waals surface area contributed by atoms with Gasteiger partial charge in [-0.3, -0.25) is 4.99 Å². The Labute approximate surface area is 186 Å². The maximum Gasteiger partial charge on any atom is 0.191 e. The highest BCUT2D eigenvalue weighted by Crippen LogP contribution is 2.39. The number of fused-ring (bicyclic) bond motifs is 1. The average molecular weight is 522 g/mol. The van der Waals surface area contributed by atoms with Crippen LogP contribution in [0.4, 0.5) is 0 Å². The van der Waals surface area contributed by atoms with Crippen molar-refractivity contribution in [3.05, 3.63) is 51.2 Å². The zero-order chi connectivity index (χ0) is 18.7. The van der Waals surface area contributed by atoms with Gasteiger partial charge in [-0.25, -0.2) is 0 Å². The van der Waals surface area contributed by atoms with Gasteiger partial charge in [0.05, 0.1) is 10.4 Å². The number of para-hydroxylation sites is 1. The zero-order valence-electron chi connectivity index (χ0n) is 15.5. The van der Waals surface area contributed by atoms with Gasteiger partial charge >= 0.3 is 0 Å². The first-order valence-corrected chi connectivity index (χ1v) is 9.76. The summed E-state index contributed by atoms with van der Waals surface area (Å²) in [5.41, 5.74) is 0.846. The Bertz CT molecular complexity index is 797. The van der Waals surface area contributed by atoms with Crippen molar-refractivity contribution < 1.29 is 9.84 Å². The molecule has 0 amide bonds. The third kappa shape index (κ3) is 5.73. The fourth-order valence-corrected chi connectivity index (χ4v) is 4.14. The molecule has 1 aliphatic rings. The Morgan fingerprint density at radius 3 is 2.78 bits per heavy atom. The van der Waals surface area contributed by atoms with E-state index < -0.39 is 6.10 Å². The first-order chi connectivity index (χ1) is 12.4. The highest BCUT2D eigenvalue weighted by molar-refractivity contribution is 14.0. The molecule has 0 aliphatic carbocycles. The van der Waals surface area contributed by atoms with E-state index >= 15 is 0 Å². The van der Waals surface area contributed by atoms with Gasteiger partial charge in [0, 0.05) is 30.5 Å². The van der Waals surface area contributed by atoms with Crippen molar-refractivity contribution in [3.63, 3.8) is 0 Å². The number of ether oxygens (including phenoxy) is 1. The summed E-state index contributed by atoms with van der Waals surface area (Å²) in [6, 6.07) is 11.8. The Hall–Kier alpha value is -1.03. The number of hydrogen-bond donors (Lipinski definition) is 3. The molecule has 0 saturated carbocycles. The van der Waals surface area contributed by atoms with E-state index in [1.165, 1.54) is 11.3 Å². The summed E-state index contributed by atoms with van der Waals surface area (Å²) in [6.45, 7) is 4.51. The van der Waals surface area contributed by atoms with Crippen LogP contribution in [0.15, 0.2) is 41.4 Å². The normalized spacial score (nSPS) is 19.3. The summed E-state index contributed by atoms with van der Waals surface area (Å²) in [5, 5.41) is 17.0. The fourth-order valence-electron chi connectivity index (χ4n) is 3.09. The molecular weight excluding hydrogens is 497 g/mol. The number of rotatable bonds is 4. The second-order valence-corrected chi connectivity index (χ2v) is 8.66. The monoisotopic (exact) mass is 521 g/mol. The minimum atomic E-state index is -0.635. The standard InChI is InChI=1S/C19H24ClN3O2S.HI/c1-19(2)10-13(12-6-4-5-7-15(12)25-19)23-18(21-3)22-11-14(24)16-8-9-17(20)26-16;/h4-9,13-14,24H,10-11H2,1-3H3,(H2,21,22,23);1H. The van der Waals surface area contributed by atoms with Crippen LogP contribution < -0.4 is 15.4 Å². The van der Waals surface area contributed by atoms with Crippen LogP contribution in [0.25, 0.3) is 0 Å². The van der Waals surface area contributed by atoms with Gasteiger partial charge in [0.1, 0.15) is 17.5 Å². The first kappa shape index (κ1) is 22.3. The number of aliphatic imine (C=N–C) groups is 1. The maximum atomic E-state index is 10.3. The summed E-state index contributed by atoms with van der Waals surface area (Å²) >= 11 is 7.32. The number of benzene rings is 1. The van der Waals surface area contributed by atoms with E-state index in [1.54, 1.807) is 13.1 Å². The summed E-state index contributed by atoms with van der Waals surface area (Å²) in [6.07, 6.45) is 0.179. The largest absolute Gasteiger partial charge is 0.487 e. The van der Waals surface area contributed by atoms with Crippen molar-refractivity contribution in [3.8, 4) is 5.75 Å². The molecule has 0 saturated heterocycles. The number of guanidine groups is 1. The summed E-state index contributed by atoms with van der Waals surface area (Å²) in [4.78, 5) is 5.12. The highest BCUT2D eigenvalue weighted by atomic mass is 127. The fraction of sp³-hybridized carbons (Fsp3) is 0.421. The van der Waals surface area contributed by atoms with Crippen molar-refractivity contribution in [2.24, 2.45) is 4.99 Å². The third-order valence-corrected chi connectivity index (χ3v) is 5.63. The molecule has 0 bridgehead atoms. The molecule has 1 aromatic carbocycles. The van der Waals surface area contributed by atoms with Gasteiger partial charge in [0.25, 0.3) is 0 Å². The number of nitrogens with one attached hydrogen (secondary N) is 2. The molecule has 0 radical (unpaired) electrons. The predicted octanol–water partition coefficient (Wildman–Crippen LogP) is 4.52. The number of nitrogens with zero attached hydrogens (tertiary/aromatic N) is 1. The highest BCUT2D eigenvalue weighted by Gasteiger charge is 2.34. The molecule has 3 rings (SSSR count). The lowest BCUT2D eigenvalue weighted by Gasteiger charge is -2.38. The van der Waals surface area contributed by atoms with Gasteiger partial charge in [0.2, 0.25) is 0 Å². The van der Waals surface area contributed by atoms with Crippen molar-refractivity contribution in [2.45, 2.75) is 38.0 Å². The molecule has 1 aliphatic heterocycles. The zero-order valence-corrected chi connectivity index (χ0v) is 19.4. The number of aliphatic hydroxyl groups excluding tert-OH is 1. The Kier molecular flexibility index (Phi) is 7.79. The van der Waals surface area contributed by atoms with Gasteiger partial charge in [-0.1, -0.05) is 29.8 Å². The molecule has 0 spiro atoms. The Balaban J connectivity index is 0.00000261. The minimum absolute atomic E-state index is 0. The van der Waals surface area contributed by atoms with Gasteiger partial charge in [0.15, 0.2) is 5.96 Å². The molecule has 1 aromatic heterocycles. The van der Waals surface area contributed by atoms with Gasteiger partial charge < -0.3 is 20.5 Å². The molecule has 2 aromatic rings. The van der Waals surface area contributed by atoms with Crippen molar-refractivity contribution in [1.29, 1.82) is 0 Å². The predicted molar refractivity (Wildman–Crippen MR) is 123 cm³/mol. The van der Waals surface area contributed by atoms with Crippen molar-refractivity contribution in [1.82, 2.24) is 10.6 Å². The molecule has 148 valence electrons. The van der Waals surface area contributed by atoms with E-state index in [9.17, 15) is 5.11 Å². The topological polar surface area (TPSA) is 65.9 Å². The molecule has 27 heavy (non-hydrogen) atoms. The summed E-state index contributed by atoms with van der Waals surface area (Å²) in [7, 11) is 1.72. The van der Waals surface area contributed by atoms with Crippen LogP contribution in [0, 0.1) is 0 Å². The van der Waals surface area contributed by atoms with Crippen LogP contribution in [0.5, 0.6) is 5.75 Å². The molecule has 5 nitrogen and oxygen atoms in total. The summed E-state index contributed by atoms with van der Waals surface area (Å²) < 4.78 is 6.74. The lowest BCUT2D eigenvalue weighted by molar-refractivity contribution is 0.0693. The van der Waals surface area contributed by atoms with Crippen LogP contribution in [0.2, 0.25) is 4.34 Å². The van der Waals surface area contributed by atoms with Gasteiger partial charge in [-0.15, -0.1) is 35.3 Å². The Morgan fingerprint density at radius 1 is 1.37 bits per heavy atom. The molecular formula is C19H25ClIN3O2S. The lowest BCUT2D eigenvalue weighted by atomic mass is 9.90. The molecule has 0 fully saturated rings. The second-order valence-electron chi connectivity index (χ2n) is 6.91. The molecule has 2 unspecified atom stereocenters. The van der Waals surface area contributed by atoms with Crippen LogP contribution in [0.3, 0.4) is 0 Å². The van der Waals surface area contributed by atoms with Crippen molar-refractivity contribution >= 4 is 52.9 Å². The molecule has 2 atom stereocenters. The summed E-state index contributed by atoms with van der Waals surface area (Å²) in [5.74, 6) is 1.54. The van der Waals surface area contributed by atoms with E-state index in [0.29, 0.717) is 16.8 Å². The van der Waals surface area contributed by atoms with Crippen LogP contribution in [0.1, 0.15) is 42.9 Å². The molecule has 2 heterocycles. The molecule has 3 N–H and O–H groups in total. The van der Waals surface area contributed by atoms with E-state index in [0.717, 1.165) is 22.6 Å². The maximum absolute atomic E-state index is 10.3. The lowest BCUT2D eigenvalue weighted by Crippen LogP contribution is -2.46. The van der Waals surface area contributed by atoms with E-state index in [4.69, 9.17) is 16.3 Å². The van der Waals surface area contributed by atoms with Crippen LogP contribution in [-0.4, -0.2) is 30.3 Å². The third-order valence-electron chi connectivity index (χ3n) is 4.30. The van der Waals surface area contributed by atoms with E-state index in [2.05, 4.69) is 35.5 Å². The SMILES string of the molecule is CN=C(NCC(O)c1ccc(Cl)s1)NC1CC(C)(C)Oc2ccccc21.I. The van der Waals surface area contributed by atoms with Gasteiger partial charge in [-0.2, -0.15) is 0 Å². The van der Waals surface area contributed by atoms with Crippen LogP contribution >= 0.6 is 46.9 Å². The number of aliphatic hydroxyl groups is 1. The number of hydrogen-bond acceptors (Lipinski definition) is 4. The average Bonchev–Trinajstić information content (AvgIpc) is 3.03. The smallest absolute Gasteiger partial charge is 0.191 e. The van der Waals surface area contributed by atoms with Crippen molar-refractivity contribution in [2.75, 3.05) is 13.6 Å². The molecule has 8 heteroatoms. The number of thiophene rings is 1.